The normalized spacial score (nSPS) is 12.6. The minimum Gasteiger partial charge on any atom is -0.352 e. The van der Waals surface area contributed by atoms with Gasteiger partial charge in [-0.25, -0.2) is 4.39 Å². The van der Waals surface area contributed by atoms with Crippen LogP contribution in [-0.2, 0) is 29.0 Å². The van der Waals surface area contributed by atoms with Crippen LogP contribution in [0.25, 0.3) is 0 Å². The molecule has 2 amide bonds. The summed E-state index contributed by atoms with van der Waals surface area (Å²) >= 11 is 0. The Balaban J connectivity index is 1.96. The number of benzene rings is 3. The maximum Gasteiger partial charge on any atom is 0.243 e. The van der Waals surface area contributed by atoms with Crippen LogP contribution in [0.5, 0.6) is 0 Å². The summed E-state index contributed by atoms with van der Waals surface area (Å²) in [5.41, 5.74) is 3.74. The van der Waals surface area contributed by atoms with Crippen molar-refractivity contribution in [3.8, 4) is 0 Å². The van der Waals surface area contributed by atoms with Crippen LogP contribution in [0.1, 0.15) is 42.5 Å². The first-order valence-corrected chi connectivity index (χ1v) is 11.8. The molecule has 0 unspecified atom stereocenters. The Morgan fingerprint density at radius 3 is 2.24 bits per heavy atom. The Kier molecular flexibility index (Phi) is 8.97. The van der Waals surface area contributed by atoms with Gasteiger partial charge >= 0.3 is 0 Å². The molecule has 0 saturated heterocycles. The molecular weight excluding hydrogens is 427 g/mol. The number of halogens is 1. The Labute approximate surface area is 201 Å². The summed E-state index contributed by atoms with van der Waals surface area (Å²) in [6.45, 7) is 6.29. The third kappa shape index (κ3) is 7.27. The SMILES string of the molecule is CC[C@H](C)NC(=O)[C@H](Cc1ccccc1)N(Cc1cccc(C)c1)C(=O)Cc1ccc(F)cc1. The first kappa shape index (κ1) is 25.2. The number of carbonyl (C=O) groups is 2. The van der Waals surface area contributed by atoms with Crippen LogP contribution in [-0.4, -0.2) is 28.8 Å². The van der Waals surface area contributed by atoms with Crippen molar-refractivity contribution in [2.75, 3.05) is 0 Å². The largest absolute Gasteiger partial charge is 0.352 e. The molecule has 0 saturated carbocycles. The number of aryl methyl sites for hydroxylation is 1. The number of hydrogen-bond donors (Lipinski definition) is 1. The van der Waals surface area contributed by atoms with Gasteiger partial charge in [0.2, 0.25) is 11.8 Å². The van der Waals surface area contributed by atoms with Gasteiger partial charge in [0.15, 0.2) is 0 Å². The average Bonchev–Trinajstić information content (AvgIpc) is 2.83. The topological polar surface area (TPSA) is 49.4 Å². The van der Waals surface area contributed by atoms with Crippen molar-refractivity contribution in [2.45, 2.75) is 58.7 Å². The van der Waals surface area contributed by atoms with Gasteiger partial charge in [-0.3, -0.25) is 9.59 Å². The molecule has 0 aliphatic rings. The zero-order valence-corrected chi connectivity index (χ0v) is 20.1. The van der Waals surface area contributed by atoms with E-state index in [0.717, 1.165) is 23.1 Å². The first-order valence-electron chi connectivity index (χ1n) is 11.8. The van der Waals surface area contributed by atoms with Gasteiger partial charge in [-0.1, -0.05) is 79.2 Å². The molecule has 0 heterocycles. The van der Waals surface area contributed by atoms with E-state index in [1.807, 2.05) is 75.4 Å². The molecule has 0 radical (unpaired) electrons. The average molecular weight is 461 g/mol. The van der Waals surface area contributed by atoms with Gasteiger partial charge < -0.3 is 10.2 Å². The predicted molar refractivity (Wildman–Crippen MR) is 134 cm³/mol. The first-order chi connectivity index (χ1) is 16.4. The minimum atomic E-state index is -0.676. The van der Waals surface area contributed by atoms with E-state index in [4.69, 9.17) is 0 Å². The van der Waals surface area contributed by atoms with Gasteiger partial charge in [0.05, 0.1) is 6.42 Å². The highest BCUT2D eigenvalue weighted by atomic mass is 19.1. The molecule has 3 aromatic rings. The molecule has 5 heteroatoms. The van der Waals surface area contributed by atoms with Gasteiger partial charge in [0, 0.05) is 19.0 Å². The Morgan fingerprint density at radius 1 is 0.912 bits per heavy atom. The fraction of sp³-hybridized carbons (Fsp3) is 0.310. The lowest BCUT2D eigenvalue weighted by Gasteiger charge is -2.32. The summed E-state index contributed by atoms with van der Waals surface area (Å²) in [7, 11) is 0. The smallest absolute Gasteiger partial charge is 0.243 e. The van der Waals surface area contributed by atoms with Crippen molar-refractivity contribution in [1.82, 2.24) is 10.2 Å². The quantitative estimate of drug-likeness (QED) is 0.450. The molecule has 3 aromatic carbocycles. The van der Waals surface area contributed by atoms with Gasteiger partial charge in [0.1, 0.15) is 11.9 Å². The number of rotatable bonds is 10. The lowest BCUT2D eigenvalue weighted by molar-refractivity contribution is -0.141. The maximum absolute atomic E-state index is 13.6. The molecule has 3 rings (SSSR count). The molecule has 0 aliphatic heterocycles. The molecule has 4 nitrogen and oxygen atoms in total. The highest BCUT2D eigenvalue weighted by Crippen LogP contribution is 2.18. The van der Waals surface area contributed by atoms with E-state index in [1.165, 1.54) is 12.1 Å². The maximum atomic E-state index is 13.6. The van der Waals surface area contributed by atoms with Gasteiger partial charge in [0.25, 0.3) is 0 Å². The molecule has 0 fully saturated rings. The van der Waals surface area contributed by atoms with Crippen LogP contribution in [0, 0.1) is 12.7 Å². The molecule has 2 atom stereocenters. The zero-order valence-electron chi connectivity index (χ0n) is 20.1. The number of carbonyl (C=O) groups excluding carboxylic acids is 2. The van der Waals surface area contributed by atoms with Crippen molar-refractivity contribution in [3.05, 3.63) is 107 Å². The van der Waals surface area contributed by atoms with E-state index >= 15 is 0 Å². The second-order valence-corrected chi connectivity index (χ2v) is 8.84. The summed E-state index contributed by atoms with van der Waals surface area (Å²) < 4.78 is 13.4. The number of nitrogens with zero attached hydrogens (tertiary/aromatic N) is 1. The van der Waals surface area contributed by atoms with Crippen LogP contribution in [0.3, 0.4) is 0 Å². The third-order valence-electron chi connectivity index (χ3n) is 5.98. The third-order valence-corrected chi connectivity index (χ3v) is 5.98. The molecule has 0 spiro atoms. The molecule has 178 valence electrons. The zero-order chi connectivity index (χ0) is 24.5. The van der Waals surface area contributed by atoms with E-state index in [1.54, 1.807) is 17.0 Å². The fourth-order valence-corrected chi connectivity index (χ4v) is 3.88. The van der Waals surface area contributed by atoms with Crippen LogP contribution in [0.15, 0.2) is 78.9 Å². The second-order valence-electron chi connectivity index (χ2n) is 8.84. The number of hydrogen-bond acceptors (Lipinski definition) is 2. The van der Waals surface area contributed by atoms with Crippen LogP contribution >= 0.6 is 0 Å². The van der Waals surface area contributed by atoms with Crippen LogP contribution in [0.2, 0.25) is 0 Å². The molecule has 0 aromatic heterocycles. The van der Waals surface area contributed by atoms with Crippen molar-refractivity contribution in [2.24, 2.45) is 0 Å². The molecule has 1 N–H and O–H groups in total. The highest BCUT2D eigenvalue weighted by molar-refractivity contribution is 5.89. The van der Waals surface area contributed by atoms with E-state index in [9.17, 15) is 14.0 Å². The minimum absolute atomic E-state index is 0.00112. The second kappa shape index (κ2) is 12.1. The summed E-state index contributed by atoms with van der Waals surface area (Å²) in [6, 6.07) is 23.0. The Hall–Kier alpha value is -3.47. The number of amides is 2. The Morgan fingerprint density at radius 2 is 1.59 bits per heavy atom. The van der Waals surface area contributed by atoms with Gasteiger partial charge in [-0.2, -0.15) is 0 Å². The fourth-order valence-electron chi connectivity index (χ4n) is 3.88. The molecule has 0 aliphatic carbocycles. The summed E-state index contributed by atoms with van der Waals surface area (Å²) in [6.07, 6.45) is 1.29. The summed E-state index contributed by atoms with van der Waals surface area (Å²) in [5.74, 6) is -0.686. The van der Waals surface area contributed by atoms with Crippen molar-refractivity contribution >= 4 is 11.8 Å². The van der Waals surface area contributed by atoms with Crippen molar-refractivity contribution in [3.63, 3.8) is 0 Å². The molecule has 0 bridgehead atoms. The Bertz CT molecular complexity index is 1080. The van der Waals surface area contributed by atoms with E-state index in [-0.39, 0.29) is 30.1 Å². The van der Waals surface area contributed by atoms with Crippen LogP contribution < -0.4 is 5.32 Å². The lowest BCUT2D eigenvalue weighted by Crippen LogP contribution is -2.52. The van der Waals surface area contributed by atoms with Gasteiger partial charge in [-0.05, 0) is 49.1 Å². The highest BCUT2D eigenvalue weighted by Gasteiger charge is 2.31. The van der Waals surface area contributed by atoms with E-state index in [0.29, 0.717) is 18.5 Å². The lowest BCUT2D eigenvalue weighted by atomic mass is 10.0. The molecular formula is C29H33FN2O2. The van der Waals surface area contributed by atoms with Crippen LogP contribution in [0.4, 0.5) is 4.39 Å². The predicted octanol–water partition coefficient (Wildman–Crippen LogP) is 5.23. The number of nitrogens with one attached hydrogen (secondary N) is 1. The summed E-state index contributed by atoms with van der Waals surface area (Å²) in [4.78, 5) is 28.8. The molecule has 34 heavy (non-hydrogen) atoms. The van der Waals surface area contributed by atoms with E-state index < -0.39 is 6.04 Å². The summed E-state index contributed by atoms with van der Waals surface area (Å²) in [5, 5.41) is 3.07. The van der Waals surface area contributed by atoms with E-state index in [2.05, 4.69) is 5.32 Å². The van der Waals surface area contributed by atoms with Gasteiger partial charge in [-0.15, -0.1) is 0 Å². The monoisotopic (exact) mass is 460 g/mol. The standard InChI is InChI=1S/C29H33FN2O2/c1-4-22(3)31-29(34)27(18-23-10-6-5-7-11-23)32(20-25-12-8-9-21(2)17-25)28(33)19-24-13-15-26(30)16-14-24/h5-17,22,27H,4,18-20H2,1-3H3,(H,31,34)/t22-,27-/m0/s1. The van der Waals surface area contributed by atoms with Crippen molar-refractivity contribution < 1.29 is 14.0 Å². The van der Waals surface area contributed by atoms with Crippen molar-refractivity contribution in [1.29, 1.82) is 0 Å².